The smallest absolute Gasteiger partial charge is 0.325 e. The van der Waals surface area contributed by atoms with E-state index in [2.05, 4.69) is 10.1 Å². The number of rotatable bonds is 5. The van der Waals surface area contributed by atoms with Crippen LogP contribution in [0.25, 0.3) is 0 Å². The van der Waals surface area contributed by atoms with Crippen molar-refractivity contribution in [2.24, 2.45) is 0 Å². The molecule has 0 aromatic heterocycles. The molecule has 6 heteroatoms. The zero-order chi connectivity index (χ0) is 14.3. The van der Waals surface area contributed by atoms with E-state index in [1.807, 2.05) is 0 Å². The van der Waals surface area contributed by atoms with Crippen LogP contribution in [0.3, 0.4) is 0 Å². The van der Waals surface area contributed by atoms with Gasteiger partial charge >= 0.3 is 11.9 Å². The fourth-order valence-electron chi connectivity index (χ4n) is 1.31. The molecule has 1 rings (SSSR count). The molecule has 1 N–H and O–H groups in total. The molecule has 0 aliphatic heterocycles. The van der Waals surface area contributed by atoms with Gasteiger partial charge in [0, 0.05) is 12.5 Å². The second-order valence-corrected chi connectivity index (χ2v) is 3.61. The summed E-state index contributed by atoms with van der Waals surface area (Å²) in [7, 11) is 0. The maximum absolute atomic E-state index is 11.7. The van der Waals surface area contributed by atoms with E-state index < -0.39 is 17.8 Å². The van der Waals surface area contributed by atoms with Crippen molar-refractivity contribution in [2.45, 2.75) is 13.8 Å². The number of hydrogen-bond acceptors (Lipinski definition) is 5. The molecule has 6 nitrogen and oxygen atoms in total. The van der Waals surface area contributed by atoms with E-state index in [-0.39, 0.29) is 13.2 Å². The van der Waals surface area contributed by atoms with E-state index in [0.29, 0.717) is 11.3 Å². The third-order valence-electron chi connectivity index (χ3n) is 2.08. The number of hydrogen-bond donors (Lipinski definition) is 1. The Kier molecular flexibility index (Phi) is 5.53. The van der Waals surface area contributed by atoms with Gasteiger partial charge in [-0.2, -0.15) is 0 Å². The second-order valence-electron chi connectivity index (χ2n) is 3.61. The van der Waals surface area contributed by atoms with Crippen LogP contribution in [0.15, 0.2) is 24.3 Å². The SMILES string of the molecule is CCOC(=O)CNC(=O)c1ccc(OC(C)=O)cc1. The number of amides is 1. The Morgan fingerprint density at radius 1 is 1.16 bits per heavy atom. The molecule has 19 heavy (non-hydrogen) atoms. The first kappa shape index (κ1) is 14.7. The number of benzene rings is 1. The number of ether oxygens (including phenoxy) is 2. The van der Waals surface area contributed by atoms with E-state index in [1.165, 1.54) is 31.2 Å². The van der Waals surface area contributed by atoms with Gasteiger partial charge in [-0.3, -0.25) is 14.4 Å². The third-order valence-corrected chi connectivity index (χ3v) is 2.08. The van der Waals surface area contributed by atoms with Crippen LogP contribution in [0.2, 0.25) is 0 Å². The van der Waals surface area contributed by atoms with Crippen LogP contribution in [-0.2, 0) is 14.3 Å². The number of carbonyl (C=O) groups excluding carboxylic acids is 3. The first-order valence-corrected chi connectivity index (χ1v) is 5.75. The van der Waals surface area contributed by atoms with Crippen LogP contribution in [-0.4, -0.2) is 31.0 Å². The average Bonchev–Trinajstić information content (AvgIpc) is 2.36. The molecule has 0 aliphatic carbocycles. The zero-order valence-corrected chi connectivity index (χ0v) is 10.8. The highest BCUT2D eigenvalue weighted by atomic mass is 16.5. The summed E-state index contributed by atoms with van der Waals surface area (Å²) in [6.45, 7) is 3.07. The Morgan fingerprint density at radius 3 is 2.32 bits per heavy atom. The lowest BCUT2D eigenvalue weighted by Crippen LogP contribution is -2.30. The highest BCUT2D eigenvalue weighted by Crippen LogP contribution is 2.12. The summed E-state index contributed by atoms with van der Waals surface area (Å²) in [4.78, 5) is 33.4. The minimum atomic E-state index is -0.493. The Labute approximate surface area is 110 Å². The second kappa shape index (κ2) is 7.15. The Balaban J connectivity index is 2.53. The standard InChI is InChI=1S/C13H15NO5/c1-3-18-12(16)8-14-13(17)10-4-6-11(7-5-10)19-9(2)15/h4-7H,3,8H2,1-2H3,(H,14,17). The molecule has 0 bridgehead atoms. The molecule has 1 aromatic rings. The first-order chi connectivity index (χ1) is 9.02. The first-order valence-electron chi connectivity index (χ1n) is 5.75. The molecule has 1 aromatic carbocycles. The summed E-state index contributed by atoms with van der Waals surface area (Å²) in [6, 6.07) is 6.00. The predicted octanol–water partition coefficient (Wildman–Crippen LogP) is 0.905. The maximum Gasteiger partial charge on any atom is 0.325 e. The lowest BCUT2D eigenvalue weighted by Gasteiger charge is -2.06. The van der Waals surface area contributed by atoms with Gasteiger partial charge in [-0.25, -0.2) is 0 Å². The molecule has 0 spiro atoms. The zero-order valence-electron chi connectivity index (χ0n) is 10.8. The van der Waals surface area contributed by atoms with Crippen molar-refractivity contribution in [3.63, 3.8) is 0 Å². The van der Waals surface area contributed by atoms with Crippen LogP contribution in [0.5, 0.6) is 5.75 Å². The average molecular weight is 265 g/mol. The molecule has 0 atom stereocenters. The lowest BCUT2D eigenvalue weighted by atomic mass is 10.2. The minimum absolute atomic E-state index is 0.182. The van der Waals surface area contributed by atoms with Gasteiger partial charge in [0.2, 0.25) is 0 Å². The molecule has 0 fully saturated rings. The van der Waals surface area contributed by atoms with Crippen molar-refractivity contribution in [2.75, 3.05) is 13.2 Å². The van der Waals surface area contributed by atoms with Crippen LogP contribution in [0.1, 0.15) is 24.2 Å². The number of nitrogens with one attached hydrogen (secondary N) is 1. The van der Waals surface area contributed by atoms with Crippen molar-refractivity contribution >= 4 is 17.8 Å². The van der Waals surface area contributed by atoms with E-state index in [4.69, 9.17) is 4.74 Å². The van der Waals surface area contributed by atoms with Crippen LogP contribution in [0, 0.1) is 0 Å². The van der Waals surface area contributed by atoms with Crippen molar-refractivity contribution in [3.8, 4) is 5.75 Å². The van der Waals surface area contributed by atoms with Gasteiger partial charge < -0.3 is 14.8 Å². The summed E-state index contributed by atoms with van der Waals surface area (Å²) in [5.41, 5.74) is 0.361. The predicted molar refractivity (Wildman–Crippen MR) is 66.7 cm³/mol. The van der Waals surface area contributed by atoms with E-state index >= 15 is 0 Å². The van der Waals surface area contributed by atoms with Crippen molar-refractivity contribution in [1.29, 1.82) is 0 Å². The Morgan fingerprint density at radius 2 is 1.79 bits per heavy atom. The summed E-state index contributed by atoms with van der Waals surface area (Å²) in [5.74, 6) is -0.969. The van der Waals surface area contributed by atoms with Gasteiger partial charge in [0.1, 0.15) is 12.3 Å². The highest BCUT2D eigenvalue weighted by molar-refractivity contribution is 5.96. The largest absolute Gasteiger partial charge is 0.465 e. The van der Waals surface area contributed by atoms with Crippen LogP contribution >= 0.6 is 0 Å². The fraction of sp³-hybridized carbons (Fsp3) is 0.308. The third kappa shape index (κ3) is 5.20. The molecule has 0 saturated heterocycles. The molecule has 102 valence electrons. The molecule has 0 aliphatic rings. The van der Waals surface area contributed by atoms with E-state index in [1.54, 1.807) is 6.92 Å². The van der Waals surface area contributed by atoms with Gasteiger partial charge in [-0.05, 0) is 31.2 Å². The Bertz CT molecular complexity index is 466. The Hall–Kier alpha value is -2.37. The molecule has 1 amide bonds. The van der Waals surface area contributed by atoms with Crippen molar-refractivity contribution in [1.82, 2.24) is 5.32 Å². The van der Waals surface area contributed by atoms with Gasteiger partial charge in [0.25, 0.3) is 5.91 Å². The topological polar surface area (TPSA) is 81.7 Å². The summed E-state index contributed by atoms with van der Waals surface area (Å²) < 4.78 is 9.51. The van der Waals surface area contributed by atoms with Gasteiger partial charge in [-0.1, -0.05) is 0 Å². The lowest BCUT2D eigenvalue weighted by molar-refractivity contribution is -0.141. The highest BCUT2D eigenvalue weighted by Gasteiger charge is 2.08. The van der Waals surface area contributed by atoms with E-state index in [9.17, 15) is 14.4 Å². The van der Waals surface area contributed by atoms with Crippen LogP contribution < -0.4 is 10.1 Å². The van der Waals surface area contributed by atoms with Gasteiger partial charge in [0.05, 0.1) is 6.61 Å². The number of esters is 2. The molecule has 0 saturated carbocycles. The molecule has 0 heterocycles. The summed E-state index contributed by atoms with van der Waals surface area (Å²) >= 11 is 0. The molecule has 0 radical (unpaired) electrons. The monoisotopic (exact) mass is 265 g/mol. The minimum Gasteiger partial charge on any atom is -0.465 e. The van der Waals surface area contributed by atoms with Crippen LogP contribution in [0.4, 0.5) is 0 Å². The fourth-order valence-corrected chi connectivity index (χ4v) is 1.31. The summed E-state index contributed by atoms with van der Waals surface area (Å²) in [5, 5.41) is 2.42. The molecular formula is C13H15NO5. The molecular weight excluding hydrogens is 250 g/mol. The van der Waals surface area contributed by atoms with Crippen molar-refractivity contribution < 1.29 is 23.9 Å². The van der Waals surface area contributed by atoms with Gasteiger partial charge in [0.15, 0.2) is 0 Å². The quantitative estimate of drug-likeness (QED) is 0.632. The summed E-state index contributed by atoms with van der Waals surface area (Å²) in [6.07, 6.45) is 0. The molecule has 0 unspecified atom stereocenters. The maximum atomic E-state index is 11.7. The van der Waals surface area contributed by atoms with E-state index in [0.717, 1.165) is 0 Å². The van der Waals surface area contributed by atoms with Crippen molar-refractivity contribution in [3.05, 3.63) is 29.8 Å². The van der Waals surface area contributed by atoms with Gasteiger partial charge in [-0.15, -0.1) is 0 Å². The number of carbonyl (C=O) groups is 3. The normalized spacial score (nSPS) is 9.58.